The molecule has 0 spiro atoms. The monoisotopic (exact) mass is 290 g/mol. The van der Waals surface area contributed by atoms with Crippen molar-refractivity contribution in [1.29, 1.82) is 0 Å². The lowest BCUT2D eigenvalue weighted by atomic mass is 10.0. The number of benzene rings is 1. The lowest BCUT2D eigenvalue weighted by Crippen LogP contribution is -2.38. The topological polar surface area (TPSA) is 44.7 Å². The maximum absolute atomic E-state index is 10.2. The Kier molecular flexibility index (Phi) is 5.12. The minimum absolute atomic E-state index is 0.289. The molecule has 0 bridgehead atoms. The van der Waals surface area contributed by atoms with Gasteiger partial charge in [0, 0.05) is 24.7 Å². The minimum atomic E-state index is -0.292. The molecule has 1 saturated heterocycles. The van der Waals surface area contributed by atoms with Crippen LogP contribution in [0.3, 0.4) is 0 Å². The molecule has 0 radical (unpaired) electrons. The van der Waals surface area contributed by atoms with Crippen molar-refractivity contribution in [2.75, 3.05) is 32.8 Å². The number of nitrogens with one attached hydrogen (secondary N) is 1. The van der Waals surface area contributed by atoms with E-state index in [9.17, 15) is 5.11 Å². The maximum atomic E-state index is 10.2. The van der Waals surface area contributed by atoms with E-state index < -0.39 is 0 Å². The second-order valence-corrected chi connectivity index (χ2v) is 6.15. The molecule has 2 aliphatic heterocycles. The standard InChI is InChI=1S/C17H26N2O2/c20-14(13-19-9-3-4-10-19)12-18-16-7-5-11-21-17-8-2-1-6-15(16)17/h1-2,6,8,14,16,18,20H,3-5,7,9-13H2. The molecule has 3 rings (SSSR count). The van der Waals surface area contributed by atoms with Crippen molar-refractivity contribution in [1.82, 2.24) is 10.2 Å². The third-order valence-corrected chi connectivity index (χ3v) is 4.46. The summed E-state index contributed by atoms with van der Waals surface area (Å²) in [4.78, 5) is 2.36. The lowest BCUT2D eigenvalue weighted by Gasteiger charge is -2.23. The van der Waals surface area contributed by atoms with Crippen LogP contribution in [-0.4, -0.2) is 48.9 Å². The van der Waals surface area contributed by atoms with Crippen LogP contribution >= 0.6 is 0 Å². The van der Waals surface area contributed by atoms with Crippen LogP contribution in [0.15, 0.2) is 24.3 Å². The Labute approximate surface area is 127 Å². The van der Waals surface area contributed by atoms with E-state index >= 15 is 0 Å². The van der Waals surface area contributed by atoms with Gasteiger partial charge in [0.15, 0.2) is 0 Å². The fraction of sp³-hybridized carbons (Fsp3) is 0.647. The molecule has 4 heteroatoms. The summed E-state index contributed by atoms with van der Waals surface area (Å²) in [6, 6.07) is 8.53. The van der Waals surface area contributed by atoms with Gasteiger partial charge in [0.1, 0.15) is 5.75 Å². The van der Waals surface area contributed by atoms with Crippen LogP contribution < -0.4 is 10.1 Å². The number of β-amino-alcohol motifs (C(OH)–C–C–N with tert-alkyl or cyclic N) is 1. The predicted molar refractivity (Wildman–Crippen MR) is 83.6 cm³/mol. The summed E-state index contributed by atoms with van der Waals surface area (Å²) in [6.07, 6.45) is 4.36. The SMILES string of the molecule is OC(CNC1CCCOc2ccccc21)CN1CCCC1. The first-order valence-electron chi connectivity index (χ1n) is 8.18. The molecule has 116 valence electrons. The second-order valence-electron chi connectivity index (χ2n) is 6.15. The molecule has 1 fully saturated rings. The molecule has 2 heterocycles. The fourth-order valence-electron chi connectivity index (χ4n) is 3.34. The Morgan fingerprint density at radius 3 is 2.90 bits per heavy atom. The molecule has 0 saturated carbocycles. The van der Waals surface area contributed by atoms with Crippen LogP contribution in [0.5, 0.6) is 5.75 Å². The molecular weight excluding hydrogens is 264 g/mol. The zero-order valence-corrected chi connectivity index (χ0v) is 12.6. The minimum Gasteiger partial charge on any atom is -0.493 e. The summed E-state index contributed by atoms with van der Waals surface area (Å²) in [5.74, 6) is 0.988. The Balaban J connectivity index is 1.54. The maximum Gasteiger partial charge on any atom is 0.124 e. The highest BCUT2D eigenvalue weighted by Gasteiger charge is 2.21. The highest BCUT2D eigenvalue weighted by molar-refractivity contribution is 5.36. The highest BCUT2D eigenvalue weighted by Crippen LogP contribution is 2.30. The highest BCUT2D eigenvalue weighted by atomic mass is 16.5. The third kappa shape index (κ3) is 3.96. The van der Waals surface area contributed by atoms with Crippen LogP contribution in [-0.2, 0) is 0 Å². The van der Waals surface area contributed by atoms with Gasteiger partial charge in [0.25, 0.3) is 0 Å². The van der Waals surface area contributed by atoms with Gasteiger partial charge in [-0.3, -0.25) is 0 Å². The molecule has 4 nitrogen and oxygen atoms in total. The number of aliphatic hydroxyl groups excluding tert-OH is 1. The van der Waals surface area contributed by atoms with E-state index in [2.05, 4.69) is 22.3 Å². The lowest BCUT2D eigenvalue weighted by molar-refractivity contribution is 0.120. The number of rotatable bonds is 5. The van der Waals surface area contributed by atoms with Crippen LogP contribution in [0.25, 0.3) is 0 Å². The summed E-state index contributed by atoms with van der Waals surface area (Å²) >= 11 is 0. The Bertz CT molecular complexity index is 446. The zero-order chi connectivity index (χ0) is 14.5. The average Bonchev–Trinajstić information content (AvgIpc) is 2.91. The smallest absolute Gasteiger partial charge is 0.124 e. The Morgan fingerprint density at radius 2 is 2.05 bits per heavy atom. The summed E-state index contributed by atoms with van der Waals surface area (Å²) in [5, 5.41) is 13.8. The fourth-order valence-corrected chi connectivity index (χ4v) is 3.34. The van der Waals surface area contributed by atoms with Gasteiger partial charge in [-0.25, -0.2) is 0 Å². The Hall–Kier alpha value is -1.10. The molecule has 21 heavy (non-hydrogen) atoms. The molecule has 2 N–H and O–H groups in total. The molecule has 2 atom stereocenters. The van der Waals surface area contributed by atoms with Crippen LogP contribution in [0, 0.1) is 0 Å². The van der Waals surface area contributed by atoms with Crippen LogP contribution in [0.1, 0.15) is 37.3 Å². The first-order valence-corrected chi connectivity index (χ1v) is 8.18. The summed E-state index contributed by atoms with van der Waals surface area (Å²) in [7, 11) is 0. The quantitative estimate of drug-likeness (QED) is 0.870. The number of aliphatic hydroxyl groups is 1. The molecule has 0 aliphatic carbocycles. The summed E-state index contributed by atoms with van der Waals surface area (Å²) in [6.45, 7) is 4.49. The van der Waals surface area contributed by atoms with Crippen molar-refractivity contribution in [2.24, 2.45) is 0 Å². The molecule has 1 aromatic rings. The largest absolute Gasteiger partial charge is 0.493 e. The van der Waals surface area contributed by atoms with Crippen molar-refractivity contribution >= 4 is 0 Å². The first kappa shape index (κ1) is 14.8. The van der Waals surface area contributed by atoms with Gasteiger partial charge in [-0.1, -0.05) is 18.2 Å². The zero-order valence-electron chi connectivity index (χ0n) is 12.6. The number of ether oxygens (including phenoxy) is 1. The van der Waals surface area contributed by atoms with Gasteiger partial charge >= 0.3 is 0 Å². The summed E-state index contributed by atoms with van der Waals surface area (Å²) in [5.41, 5.74) is 1.23. The van der Waals surface area contributed by atoms with Crippen LogP contribution in [0.4, 0.5) is 0 Å². The van der Waals surface area contributed by atoms with Crippen molar-refractivity contribution in [3.05, 3.63) is 29.8 Å². The first-order chi connectivity index (χ1) is 10.3. The number of hydrogen-bond acceptors (Lipinski definition) is 4. The van der Waals surface area contributed by atoms with Crippen molar-refractivity contribution in [3.8, 4) is 5.75 Å². The molecule has 2 aliphatic rings. The molecular formula is C17H26N2O2. The van der Waals surface area contributed by atoms with E-state index in [1.165, 1.54) is 18.4 Å². The van der Waals surface area contributed by atoms with Gasteiger partial charge in [0.2, 0.25) is 0 Å². The molecule has 0 aromatic heterocycles. The van der Waals surface area contributed by atoms with E-state index in [-0.39, 0.29) is 12.1 Å². The third-order valence-electron chi connectivity index (χ3n) is 4.46. The van der Waals surface area contributed by atoms with Gasteiger partial charge in [-0.2, -0.15) is 0 Å². The number of hydrogen-bond donors (Lipinski definition) is 2. The summed E-state index contributed by atoms with van der Waals surface area (Å²) < 4.78 is 5.78. The Morgan fingerprint density at radius 1 is 1.24 bits per heavy atom. The average molecular weight is 290 g/mol. The molecule has 2 unspecified atom stereocenters. The van der Waals surface area contributed by atoms with Gasteiger partial charge in [0.05, 0.1) is 12.7 Å². The molecule has 1 aromatic carbocycles. The number of para-hydroxylation sites is 1. The van der Waals surface area contributed by atoms with Crippen LogP contribution in [0.2, 0.25) is 0 Å². The van der Waals surface area contributed by atoms with E-state index in [4.69, 9.17) is 4.74 Å². The van der Waals surface area contributed by atoms with Crippen molar-refractivity contribution < 1.29 is 9.84 Å². The number of likely N-dealkylation sites (tertiary alicyclic amines) is 1. The van der Waals surface area contributed by atoms with E-state index in [0.717, 1.165) is 44.8 Å². The van der Waals surface area contributed by atoms with E-state index in [0.29, 0.717) is 6.54 Å². The number of fused-ring (bicyclic) bond motifs is 1. The molecule has 0 amide bonds. The second kappa shape index (κ2) is 7.25. The predicted octanol–water partition coefficient (Wildman–Crippen LogP) is 1.95. The van der Waals surface area contributed by atoms with Gasteiger partial charge in [-0.05, 0) is 44.8 Å². The number of nitrogens with zero attached hydrogens (tertiary/aromatic N) is 1. The van der Waals surface area contributed by atoms with Gasteiger partial charge in [-0.15, -0.1) is 0 Å². The van der Waals surface area contributed by atoms with Crippen molar-refractivity contribution in [2.45, 2.75) is 37.8 Å². The van der Waals surface area contributed by atoms with E-state index in [1.54, 1.807) is 0 Å². The van der Waals surface area contributed by atoms with Crippen molar-refractivity contribution in [3.63, 3.8) is 0 Å². The van der Waals surface area contributed by atoms with E-state index in [1.807, 2.05) is 12.1 Å². The normalized spacial score (nSPS) is 24.1. The van der Waals surface area contributed by atoms with Gasteiger partial charge < -0.3 is 20.1 Å².